The number of amides is 2. The van der Waals surface area contributed by atoms with E-state index in [0.29, 0.717) is 21.3 Å². The Hall–Kier alpha value is -1.66. The van der Waals surface area contributed by atoms with E-state index in [0.717, 1.165) is 17.7 Å². The number of carbonyl (C=O) groups is 2. The van der Waals surface area contributed by atoms with Crippen LogP contribution in [-0.2, 0) is 9.59 Å². The van der Waals surface area contributed by atoms with Crippen molar-refractivity contribution in [2.75, 3.05) is 11.4 Å². The summed E-state index contributed by atoms with van der Waals surface area (Å²) in [6, 6.07) is 7.64. The van der Waals surface area contributed by atoms with Crippen molar-refractivity contribution in [1.82, 2.24) is 4.90 Å². The Labute approximate surface area is 145 Å². The molecule has 6 heteroatoms. The Morgan fingerprint density at radius 1 is 1.17 bits per heavy atom. The Morgan fingerprint density at radius 3 is 2.52 bits per heavy atom. The molecule has 0 spiro atoms. The molecule has 0 bridgehead atoms. The molecule has 0 saturated carbocycles. The third-order valence-corrected chi connectivity index (χ3v) is 5.70. The number of para-hydroxylation sites is 1. The number of rotatable bonds is 3. The zero-order valence-electron chi connectivity index (χ0n) is 13.3. The van der Waals surface area contributed by atoms with Crippen LogP contribution in [0.4, 0.5) is 5.69 Å². The summed E-state index contributed by atoms with van der Waals surface area (Å²) in [6.45, 7) is 6.50. The van der Waals surface area contributed by atoms with E-state index in [1.54, 1.807) is 9.80 Å². The number of anilines is 1. The lowest BCUT2D eigenvalue weighted by atomic mass is 10.1. The van der Waals surface area contributed by atoms with Gasteiger partial charge in [0.15, 0.2) is 0 Å². The van der Waals surface area contributed by atoms with E-state index >= 15 is 0 Å². The molecular formula is C17H18N2O2S2. The number of thioether (sulfide) groups is 1. The van der Waals surface area contributed by atoms with Gasteiger partial charge in [0.25, 0.3) is 11.8 Å². The predicted molar refractivity (Wildman–Crippen MR) is 98.2 cm³/mol. The summed E-state index contributed by atoms with van der Waals surface area (Å²) in [4.78, 5) is 29.5. The highest BCUT2D eigenvalue weighted by Crippen LogP contribution is 2.44. The molecule has 0 unspecified atom stereocenters. The average Bonchev–Trinajstić information content (AvgIpc) is 2.99. The van der Waals surface area contributed by atoms with E-state index in [4.69, 9.17) is 12.2 Å². The number of likely N-dealkylation sites (N-methyl/N-ethyl adjacent to an activating group) is 1. The Kier molecular flexibility index (Phi) is 4.29. The van der Waals surface area contributed by atoms with Crippen molar-refractivity contribution in [3.8, 4) is 0 Å². The number of thiocarbonyl (C=S) groups is 1. The van der Waals surface area contributed by atoms with E-state index in [1.807, 2.05) is 45.0 Å². The zero-order chi connectivity index (χ0) is 16.7. The normalized spacial score (nSPS) is 22.1. The average molecular weight is 346 g/mol. The zero-order valence-corrected chi connectivity index (χ0v) is 15.0. The van der Waals surface area contributed by atoms with Gasteiger partial charge >= 0.3 is 0 Å². The fourth-order valence-corrected chi connectivity index (χ4v) is 4.44. The molecule has 2 heterocycles. The summed E-state index contributed by atoms with van der Waals surface area (Å²) < 4.78 is 0.534. The fourth-order valence-electron chi connectivity index (χ4n) is 2.91. The van der Waals surface area contributed by atoms with Crippen molar-refractivity contribution in [2.24, 2.45) is 0 Å². The highest BCUT2D eigenvalue weighted by Gasteiger charge is 2.42. The van der Waals surface area contributed by atoms with Crippen LogP contribution in [0.5, 0.6) is 0 Å². The monoisotopic (exact) mass is 346 g/mol. The van der Waals surface area contributed by atoms with E-state index in [1.165, 1.54) is 11.8 Å². The van der Waals surface area contributed by atoms with Gasteiger partial charge in [-0.1, -0.05) is 49.1 Å². The molecule has 0 N–H and O–H groups in total. The van der Waals surface area contributed by atoms with Gasteiger partial charge in [0.05, 0.1) is 16.2 Å². The first kappa shape index (κ1) is 16.2. The van der Waals surface area contributed by atoms with Gasteiger partial charge in [0.2, 0.25) is 0 Å². The summed E-state index contributed by atoms with van der Waals surface area (Å²) in [5, 5.41) is 0. The second kappa shape index (κ2) is 6.09. The number of nitrogens with zero attached hydrogens (tertiary/aromatic N) is 2. The number of hydrogen-bond donors (Lipinski definition) is 0. The van der Waals surface area contributed by atoms with Crippen molar-refractivity contribution in [3.63, 3.8) is 0 Å². The SMILES string of the molecule is CC[C@@H](C)N1C(=O)/C(=C2/C(=O)N(CC)c3ccccc32)SC1=S. The lowest BCUT2D eigenvalue weighted by Gasteiger charge is -2.21. The minimum atomic E-state index is -0.148. The van der Waals surface area contributed by atoms with Crippen LogP contribution in [0, 0.1) is 0 Å². The first-order valence-corrected chi connectivity index (χ1v) is 8.94. The third kappa shape index (κ3) is 2.40. The third-order valence-electron chi connectivity index (χ3n) is 4.30. The molecule has 4 nitrogen and oxygen atoms in total. The lowest BCUT2D eigenvalue weighted by Crippen LogP contribution is -2.36. The molecule has 1 aromatic rings. The van der Waals surface area contributed by atoms with E-state index < -0.39 is 0 Å². The van der Waals surface area contributed by atoms with E-state index in [9.17, 15) is 9.59 Å². The molecule has 1 atom stereocenters. The molecule has 1 aromatic carbocycles. The maximum absolute atomic E-state index is 12.8. The Morgan fingerprint density at radius 2 is 1.87 bits per heavy atom. The summed E-state index contributed by atoms with van der Waals surface area (Å²) >= 11 is 6.62. The molecule has 0 aromatic heterocycles. The topological polar surface area (TPSA) is 40.6 Å². The predicted octanol–water partition coefficient (Wildman–Crippen LogP) is 3.42. The molecule has 1 saturated heterocycles. The molecule has 1 fully saturated rings. The van der Waals surface area contributed by atoms with Gasteiger partial charge in [-0.2, -0.15) is 0 Å². The number of carbonyl (C=O) groups excluding carboxylic acids is 2. The molecule has 3 rings (SSSR count). The van der Waals surface area contributed by atoms with Crippen LogP contribution in [-0.4, -0.2) is 33.6 Å². The Balaban J connectivity index is 2.14. The van der Waals surface area contributed by atoms with Crippen molar-refractivity contribution >= 4 is 51.4 Å². The lowest BCUT2D eigenvalue weighted by molar-refractivity contribution is -0.123. The number of fused-ring (bicyclic) bond motifs is 1. The van der Waals surface area contributed by atoms with Crippen LogP contribution < -0.4 is 4.90 Å². The van der Waals surface area contributed by atoms with Crippen LogP contribution in [0.2, 0.25) is 0 Å². The molecule has 23 heavy (non-hydrogen) atoms. The minimum Gasteiger partial charge on any atom is -0.308 e. The minimum absolute atomic E-state index is 0.0367. The standard InChI is InChI=1S/C17H18N2O2S2/c1-4-10(3)19-16(21)14(23-17(19)22)13-11-8-6-7-9-12(11)18(5-2)15(13)20/h6-10H,4-5H2,1-3H3/b14-13-/t10-/m1/s1. The molecule has 2 amide bonds. The van der Waals surface area contributed by atoms with Gasteiger partial charge in [-0.15, -0.1) is 0 Å². The molecule has 120 valence electrons. The van der Waals surface area contributed by atoms with Crippen LogP contribution >= 0.6 is 24.0 Å². The second-order valence-electron chi connectivity index (χ2n) is 5.57. The summed E-state index contributed by atoms with van der Waals surface area (Å²) in [6.07, 6.45) is 0.820. The maximum atomic E-state index is 12.8. The van der Waals surface area contributed by atoms with Crippen LogP contribution in [0.3, 0.4) is 0 Å². The molecule has 2 aliphatic heterocycles. The highest BCUT2D eigenvalue weighted by molar-refractivity contribution is 8.26. The summed E-state index contributed by atoms with van der Waals surface area (Å²) in [7, 11) is 0. The van der Waals surface area contributed by atoms with Gasteiger partial charge in [0.1, 0.15) is 4.32 Å². The van der Waals surface area contributed by atoms with Gasteiger partial charge in [-0.3, -0.25) is 14.5 Å². The second-order valence-corrected chi connectivity index (χ2v) is 7.22. The van der Waals surface area contributed by atoms with Gasteiger partial charge < -0.3 is 4.90 Å². The van der Waals surface area contributed by atoms with Crippen molar-refractivity contribution in [1.29, 1.82) is 0 Å². The molecule has 2 aliphatic rings. The van der Waals surface area contributed by atoms with Gasteiger partial charge in [-0.25, -0.2) is 0 Å². The van der Waals surface area contributed by atoms with Crippen molar-refractivity contribution in [3.05, 3.63) is 34.7 Å². The first-order chi connectivity index (χ1) is 11.0. The molecular weight excluding hydrogens is 328 g/mol. The Bertz CT molecular complexity index is 742. The van der Waals surface area contributed by atoms with Crippen LogP contribution in [0.15, 0.2) is 29.2 Å². The van der Waals surface area contributed by atoms with Crippen LogP contribution in [0.25, 0.3) is 5.57 Å². The smallest absolute Gasteiger partial charge is 0.267 e. The highest BCUT2D eigenvalue weighted by atomic mass is 32.2. The first-order valence-electron chi connectivity index (χ1n) is 7.72. The van der Waals surface area contributed by atoms with Crippen molar-refractivity contribution in [2.45, 2.75) is 33.2 Å². The molecule has 0 radical (unpaired) electrons. The van der Waals surface area contributed by atoms with Gasteiger partial charge in [-0.05, 0) is 26.3 Å². The van der Waals surface area contributed by atoms with Gasteiger partial charge in [0, 0.05) is 18.2 Å². The van der Waals surface area contributed by atoms with E-state index in [2.05, 4.69) is 0 Å². The largest absolute Gasteiger partial charge is 0.308 e. The summed E-state index contributed by atoms with van der Waals surface area (Å²) in [5.41, 5.74) is 2.18. The van der Waals surface area contributed by atoms with E-state index in [-0.39, 0.29) is 17.9 Å². The van der Waals surface area contributed by atoms with Crippen LogP contribution in [0.1, 0.15) is 32.8 Å². The quantitative estimate of drug-likeness (QED) is 0.621. The van der Waals surface area contributed by atoms with Crippen molar-refractivity contribution < 1.29 is 9.59 Å². The number of hydrogen-bond acceptors (Lipinski definition) is 4. The molecule has 0 aliphatic carbocycles. The fraction of sp³-hybridized carbons (Fsp3) is 0.353. The maximum Gasteiger partial charge on any atom is 0.267 e. The summed E-state index contributed by atoms with van der Waals surface area (Å²) in [5.74, 6) is -0.260. The number of benzene rings is 1.